The summed E-state index contributed by atoms with van der Waals surface area (Å²) in [6, 6.07) is 9.44. The van der Waals surface area contributed by atoms with Crippen LogP contribution < -0.4 is 0 Å². The number of rotatable bonds is 2. The van der Waals surface area contributed by atoms with Gasteiger partial charge in [-0.05, 0) is 19.1 Å². The number of fused-ring (bicyclic) bond motifs is 3. The topological polar surface area (TPSA) is 75.2 Å². The van der Waals surface area contributed by atoms with E-state index in [0.29, 0.717) is 5.69 Å². The Morgan fingerprint density at radius 1 is 1.35 bits per heavy atom. The van der Waals surface area contributed by atoms with Gasteiger partial charge in [0.2, 0.25) is 0 Å². The van der Waals surface area contributed by atoms with Gasteiger partial charge in [0.25, 0.3) is 0 Å². The Labute approximate surface area is 115 Å². The van der Waals surface area contributed by atoms with Gasteiger partial charge in [0.15, 0.2) is 0 Å². The second-order valence-corrected chi connectivity index (χ2v) is 4.65. The molecule has 0 aliphatic carbocycles. The summed E-state index contributed by atoms with van der Waals surface area (Å²) in [6.07, 6.45) is -0.782. The molecule has 0 saturated heterocycles. The van der Waals surface area contributed by atoms with Crippen LogP contribution >= 0.6 is 0 Å². The van der Waals surface area contributed by atoms with Crippen molar-refractivity contribution < 1.29 is 14.6 Å². The first kappa shape index (κ1) is 12.6. The summed E-state index contributed by atoms with van der Waals surface area (Å²) in [5.74, 6) is -0.515. The van der Waals surface area contributed by atoms with E-state index in [1.165, 1.54) is 7.11 Å². The lowest BCUT2D eigenvalue weighted by atomic mass is 10.1. The monoisotopic (exact) mass is 270 g/mol. The third-order valence-electron chi connectivity index (χ3n) is 3.31. The lowest BCUT2D eigenvalue weighted by molar-refractivity contribution is 0.0593. The van der Waals surface area contributed by atoms with Gasteiger partial charge >= 0.3 is 5.97 Å². The van der Waals surface area contributed by atoms with Crippen LogP contribution in [0.15, 0.2) is 30.3 Å². The summed E-state index contributed by atoms with van der Waals surface area (Å²) in [5, 5.41) is 11.7. The molecule has 5 heteroatoms. The van der Waals surface area contributed by atoms with Crippen LogP contribution in [0.1, 0.15) is 29.2 Å². The molecule has 1 aromatic carbocycles. The van der Waals surface area contributed by atoms with Crippen LogP contribution in [-0.2, 0) is 4.74 Å². The van der Waals surface area contributed by atoms with Crippen molar-refractivity contribution in [3.63, 3.8) is 0 Å². The highest BCUT2D eigenvalue weighted by Crippen LogP contribution is 2.30. The van der Waals surface area contributed by atoms with Gasteiger partial charge in [-0.1, -0.05) is 18.2 Å². The van der Waals surface area contributed by atoms with E-state index in [1.54, 1.807) is 13.0 Å². The molecule has 20 heavy (non-hydrogen) atoms. The molecule has 0 bridgehead atoms. The minimum atomic E-state index is -0.782. The van der Waals surface area contributed by atoms with E-state index in [-0.39, 0.29) is 5.69 Å². The molecule has 3 rings (SSSR count). The number of aliphatic hydroxyl groups excluding tert-OH is 1. The zero-order chi connectivity index (χ0) is 14.3. The number of ether oxygens (including phenoxy) is 1. The number of esters is 1. The van der Waals surface area contributed by atoms with E-state index >= 15 is 0 Å². The summed E-state index contributed by atoms with van der Waals surface area (Å²) in [7, 11) is 1.31. The average Bonchev–Trinajstić information content (AvgIpc) is 2.83. The second kappa shape index (κ2) is 4.61. The maximum atomic E-state index is 11.7. The van der Waals surface area contributed by atoms with Gasteiger partial charge in [-0.2, -0.15) is 0 Å². The van der Waals surface area contributed by atoms with Crippen molar-refractivity contribution in [1.82, 2.24) is 9.97 Å². The predicted molar refractivity (Wildman–Crippen MR) is 75.6 cm³/mol. The van der Waals surface area contributed by atoms with Crippen molar-refractivity contribution in [3.05, 3.63) is 41.7 Å². The Hall–Kier alpha value is -2.40. The van der Waals surface area contributed by atoms with Crippen molar-refractivity contribution >= 4 is 27.8 Å². The maximum absolute atomic E-state index is 11.7. The minimum absolute atomic E-state index is 0.195. The molecule has 0 unspecified atom stereocenters. The number of nitrogens with zero attached hydrogens (tertiary/aromatic N) is 1. The molecule has 5 nitrogen and oxygen atoms in total. The molecule has 2 aromatic heterocycles. The summed E-state index contributed by atoms with van der Waals surface area (Å²) < 4.78 is 4.72. The van der Waals surface area contributed by atoms with Crippen LogP contribution in [0.2, 0.25) is 0 Å². The van der Waals surface area contributed by atoms with E-state index < -0.39 is 12.1 Å². The van der Waals surface area contributed by atoms with Gasteiger partial charge in [0.1, 0.15) is 5.69 Å². The van der Waals surface area contributed by atoms with Crippen LogP contribution in [0.25, 0.3) is 21.8 Å². The molecule has 102 valence electrons. The molecule has 3 aromatic rings. The maximum Gasteiger partial charge on any atom is 0.356 e. The van der Waals surface area contributed by atoms with Gasteiger partial charge in [-0.25, -0.2) is 9.78 Å². The van der Waals surface area contributed by atoms with Crippen molar-refractivity contribution in [1.29, 1.82) is 0 Å². The first-order valence-corrected chi connectivity index (χ1v) is 6.29. The van der Waals surface area contributed by atoms with Gasteiger partial charge in [0, 0.05) is 16.3 Å². The lowest BCUT2D eigenvalue weighted by Gasteiger charge is -2.07. The number of nitrogens with one attached hydrogen (secondary N) is 1. The largest absolute Gasteiger partial charge is 0.464 e. The van der Waals surface area contributed by atoms with Crippen molar-refractivity contribution in [2.45, 2.75) is 13.0 Å². The smallest absolute Gasteiger partial charge is 0.356 e. The molecule has 0 aliphatic rings. The number of carbonyl (C=O) groups excluding carboxylic acids is 1. The van der Waals surface area contributed by atoms with Gasteiger partial charge < -0.3 is 14.8 Å². The highest BCUT2D eigenvalue weighted by molar-refractivity contribution is 6.09. The number of benzene rings is 1. The number of carbonyl (C=O) groups is 1. The number of aliphatic hydroxyl groups is 1. The Morgan fingerprint density at radius 2 is 2.10 bits per heavy atom. The average molecular weight is 270 g/mol. The molecular formula is C15H14N2O3. The lowest BCUT2D eigenvalue weighted by Crippen LogP contribution is -2.08. The zero-order valence-electron chi connectivity index (χ0n) is 11.2. The Kier molecular flexibility index (Phi) is 2.91. The first-order chi connectivity index (χ1) is 9.61. The van der Waals surface area contributed by atoms with E-state index in [4.69, 9.17) is 4.74 Å². The molecule has 0 aliphatic heterocycles. The molecule has 0 spiro atoms. The fourth-order valence-electron chi connectivity index (χ4n) is 2.38. The van der Waals surface area contributed by atoms with Gasteiger partial charge in [0.05, 0.1) is 24.4 Å². The predicted octanol–water partition coefficient (Wildman–Crippen LogP) is 2.56. The second-order valence-electron chi connectivity index (χ2n) is 4.65. The normalized spacial score (nSPS) is 12.8. The molecule has 2 heterocycles. The van der Waals surface area contributed by atoms with Crippen molar-refractivity contribution in [2.75, 3.05) is 7.11 Å². The molecule has 0 radical (unpaired) electrons. The summed E-state index contributed by atoms with van der Waals surface area (Å²) in [5.41, 5.74) is 2.32. The number of para-hydroxylation sites is 1. The summed E-state index contributed by atoms with van der Waals surface area (Å²) in [6.45, 7) is 1.62. The minimum Gasteiger partial charge on any atom is -0.464 e. The Balaban J connectivity index is 2.42. The zero-order valence-corrected chi connectivity index (χ0v) is 11.2. The number of methoxy groups -OCH3 is 1. The molecule has 0 fully saturated rings. The highest BCUT2D eigenvalue weighted by atomic mass is 16.5. The van der Waals surface area contributed by atoms with Crippen LogP contribution in [-0.4, -0.2) is 28.2 Å². The standard InChI is InChI=1S/C15H14N2O3/c1-8(18)13-14-10(7-12(17-13)15(19)20-2)9-5-3-4-6-11(9)16-14/h3-8,16,18H,1-2H3/t8-/m0/s1. The molecule has 0 saturated carbocycles. The SMILES string of the molecule is COC(=O)c1cc2c([nH]c3ccccc32)c([C@H](C)O)n1. The number of aromatic amines is 1. The Morgan fingerprint density at radius 3 is 2.80 bits per heavy atom. The fraction of sp³-hybridized carbons (Fsp3) is 0.200. The number of aromatic nitrogens is 2. The molecular weight excluding hydrogens is 256 g/mol. The number of hydrogen-bond donors (Lipinski definition) is 2. The number of pyridine rings is 1. The quantitative estimate of drug-likeness (QED) is 0.702. The molecule has 0 amide bonds. The summed E-state index contributed by atoms with van der Waals surface area (Å²) >= 11 is 0. The first-order valence-electron chi connectivity index (χ1n) is 6.29. The third-order valence-corrected chi connectivity index (χ3v) is 3.31. The van der Waals surface area contributed by atoms with E-state index in [9.17, 15) is 9.90 Å². The van der Waals surface area contributed by atoms with E-state index in [0.717, 1.165) is 21.8 Å². The highest BCUT2D eigenvalue weighted by Gasteiger charge is 2.18. The van der Waals surface area contributed by atoms with Crippen molar-refractivity contribution in [2.24, 2.45) is 0 Å². The number of H-pyrrole nitrogens is 1. The van der Waals surface area contributed by atoms with Gasteiger partial charge in [-0.3, -0.25) is 0 Å². The van der Waals surface area contributed by atoms with E-state index in [2.05, 4.69) is 9.97 Å². The van der Waals surface area contributed by atoms with Crippen molar-refractivity contribution in [3.8, 4) is 0 Å². The van der Waals surface area contributed by atoms with Crippen LogP contribution in [0.5, 0.6) is 0 Å². The summed E-state index contributed by atoms with van der Waals surface area (Å²) in [4.78, 5) is 19.2. The molecule has 2 N–H and O–H groups in total. The van der Waals surface area contributed by atoms with Crippen LogP contribution in [0, 0.1) is 0 Å². The van der Waals surface area contributed by atoms with Gasteiger partial charge in [-0.15, -0.1) is 0 Å². The van der Waals surface area contributed by atoms with Crippen LogP contribution in [0.4, 0.5) is 0 Å². The number of hydrogen-bond acceptors (Lipinski definition) is 4. The Bertz CT molecular complexity index is 805. The molecule has 1 atom stereocenters. The fourth-order valence-corrected chi connectivity index (χ4v) is 2.38. The van der Waals surface area contributed by atoms with E-state index in [1.807, 2.05) is 24.3 Å². The third kappa shape index (κ3) is 1.83. The van der Waals surface area contributed by atoms with Crippen LogP contribution in [0.3, 0.4) is 0 Å².